The van der Waals surface area contributed by atoms with Crippen LogP contribution in [0, 0.1) is 0 Å². The average Bonchev–Trinajstić information content (AvgIpc) is 3.13. The number of halogens is 1. The molecule has 5 rings (SSSR count). The highest BCUT2D eigenvalue weighted by Crippen LogP contribution is 2.40. The maximum atomic E-state index is 14.7. The third kappa shape index (κ3) is 6.08. The summed E-state index contributed by atoms with van der Waals surface area (Å²) in [6.45, 7) is 5.03. The predicted octanol–water partition coefficient (Wildman–Crippen LogP) is 5.49. The summed E-state index contributed by atoms with van der Waals surface area (Å²) >= 11 is 3.64. The van der Waals surface area contributed by atoms with E-state index in [-0.39, 0.29) is 30.0 Å². The number of benzene rings is 4. The van der Waals surface area contributed by atoms with Crippen molar-refractivity contribution in [1.82, 2.24) is 10.6 Å². The van der Waals surface area contributed by atoms with Crippen LogP contribution in [0.1, 0.15) is 47.1 Å². The van der Waals surface area contributed by atoms with Crippen LogP contribution in [0.4, 0.5) is 11.4 Å². The monoisotopic (exact) mass is 670 g/mol. The zero-order valence-electron chi connectivity index (χ0n) is 25.8. The first-order valence-electron chi connectivity index (χ1n) is 14.6. The van der Waals surface area contributed by atoms with E-state index in [0.717, 1.165) is 20.8 Å². The van der Waals surface area contributed by atoms with Gasteiger partial charge in [0.05, 0.1) is 37.1 Å². The van der Waals surface area contributed by atoms with Crippen molar-refractivity contribution in [3.63, 3.8) is 0 Å². The van der Waals surface area contributed by atoms with E-state index in [2.05, 4.69) is 26.6 Å². The number of methoxy groups -OCH3 is 1. The summed E-state index contributed by atoms with van der Waals surface area (Å²) in [5, 5.41) is 7.69. The molecule has 3 amide bonds. The fourth-order valence-electron chi connectivity index (χ4n) is 5.67. The van der Waals surface area contributed by atoms with E-state index < -0.39 is 18.1 Å². The first-order valence-corrected chi connectivity index (χ1v) is 15.4. The first kappa shape index (κ1) is 31.9. The fourth-order valence-corrected chi connectivity index (χ4v) is 6.17. The van der Waals surface area contributed by atoms with Crippen molar-refractivity contribution in [1.29, 1.82) is 0 Å². The summed E-state index contributed by atoms with van der Waals surface area (Å²) in [5.74, 6) is -0.624. The second-order valence-corrected chi connectivity index (χ2v) is 11.9. The van der Waals surface area contributed by atoms with Crippen molar-refractivity contribution in [2.24, 2.45) is 0 Å². The second-order valence-electron chi connectivity index (χ2n) is 11.0. The van der Waals surface area contributed by atoms with Crippen LogP contribution in [0.2, 0.25) is 0 Å². The molecule has 0 fully saturated rings. The molecule has 0 aliphatic carbocycles. The number of Topliss-reactive ketones (excluding diaryl/α,β-unsaturated/α-hetero) is 1. The number of para-hydroxylation sites is 2. The highest BCUT2D eigenvalue weighted by Gasteiger charge is 2.43. The number of rotatable bonds is 8. The molecule has 10 heteroatoms. The number of amides is 3. The van der Waals surface area contributed by atoms with Gasteiger partial charge in [0, 0.05) is 21.2 Å². The average molecular weight is 672 g/mol. The zero-order valence-corrected chi connectivity index (χ0v) is 27.3. The molecule has 0 spiro atoms. The number of ether oxygens (including phenoxy) is 1. The van der Waals surface area contributed by atoms with E-state index in [0.29, 0.717) is 28.3 Å². The Morgan fingerprint density at radius 3 is 2.22 bits per heavy atom. The summed E-state index contributed by atoms with van der Waals surface area (Å²) in [5.41, 5.74) is 2.63. The predicted molar refractivity (Wildman–Crippen MR) is 179 cm³/mol. The molecule has 9 nitrogen and oxygen atoms in total. The number of anilines is 2. The van der Waals surface area contributed by atoms with Crippen molar-refractivity contribution < 1.29 is 23.9 Å². The minimum Gasteiger partial charge on any atom is -0.496 e. The topological polar surface area (TPSA) is 108 Å². The van der Waals surface area contributed by atoms with Gasteiger partial charge in [-0.15, -0.1) is 0 Å². The van der Waals surface area contributed by atoms with Crippen LogP contribution >= 0.6 is 15.9 Å². The lowest BCUT2D eigenvalue weighted by molar-refractivity contribution is -0.128. The molecule has 232 valence electrons. The minimum absolute atomic E-state index is 0.110. The minimum atomic E-state index is -1.09. The Hall–Kier alpha value is -4.54. The van der Waals surface area contributed by atoms with Crippen LogP contribution in [0.25, 0.3) is 10.8 Å². The Morgan fingerprint density at radius 2 is 1.58 bits per heavy atom. The van der Waals surface area contributed by atoms with E-state index >= 15 is 0 Å². The van der Waals surface area contributed by atoms with Gasteiger partial charge in [0.2, 0.25) is 5.91 Å². The number of nitrogens with one attached hydrogen (secondary N) is 2. The van der Waals surface area contributed by atoms with E-state index in [1.54, 1.807) is 74.2 Å². The van der Waals surface area contributed by atoms with E-state index in [4.69, 9.17) is 4.74 Å². The number of carbonyl (C=O) groups is 4. The number of fused-ring (bicyclic) bond motifs is 2. The summed E-state index contributed by atoms with van der Waals surface area (Å²) in [7, 11) is 3.25. The van der Waals surface area contributed by atoms with Crippen LogP contribution in [0.3, 0.4) is 0 Å². The quantitative estimate of drug-likeness (QED) is 0.240. The molecule has 4 aromatic rings. The Kier molecular flexibility index (Phi) is 9.36. The number of ketones is 1. The maximum absolute atomic E-state index is 14.7. The van der Waals surface area contributed by atoms with Gasteiger partial charge in [0.25, 0.3) is 11.8 Å². The lowest BCUT2D eigenvalue weighted by Gasteiger charge is -2.32. The molecule has 1 aliphatic rings. The number of nitrogens with zero attached hydrogens (tertiary/aromatic N) is 2. The molecule has 4 aromatic carbocycles. The summed E-state index contributed by atoms with van der Waals surface area (Å²) in [6.07, 6.45) is 0. The molecular weight excluding hydrogens is 636 g/mol. The van der Waals surface area contributed by atoms with Crippen LogP contribution in [0.5, 0.6) is 5.75 Å². The largest absolute Gasteiger partial charge is 0.496 e. The van der Waals surface area contributed by atoms with Crippen LogP contribution in [-0.2, 0) is 16.1 Å². The van der Waals surface area contributed by atoms with Crippen molar-refractivity contribution in [2.45, 2.75) is 45.4 Å². The van der Waals surface area contributed by atoms with Gasteiger partial charge in [0.1, 0.15) is 11.8 Å². The van der Waals surface area contributed by atoms with Crippen molar-refractivity contribution >= 4 is 61.6 Å². The van der Waals surface area contributed by atoms with E-state index in [1.807, 2.05) is 42.5 Å². The van der Waals surface area contributed by atoms with E-state index in [1.165, 1.54) is 6.92 Å². The highest BCUT2D eigenvalue weighted by molar-refractivity contribution is 9.10. The van der Waals surface area contributed by atoms with E-state index in [9.17, 15) is 19.2 Å². The maximum Gasteiger partial charge on any atom is 0.258 e. The molecule has 0 radical (unpaired) electrons. The highest BCUT2D eigenvalue weighted by atomic mass is 79.9. The molecule has 45 heavy (non-hydrogen) atoms. The lowest BCUT2D eigenvalue weighted by Crippen LogP contribution is -2.59. The molecule has 3 atom stereocenters. The van der Waals surface area contributed by atoms with Gasteiger partial charge in [-0.3, -0.25) is 19.2 Å². The first-order chi connectivity index (χ1) is 21.6. The zero-order chi connectivity index (χ0) is 32.4. The molecule has 3 unspecified atom stereocenters. The molecular formula is C35H35BrN4O5. The Bertz CT molecular complexity index is 1790. The smallest absolute Gasteiger partial charge is 0.258 e. The molecule has 0 saturated heterocycles. The molecule has 1 heterocycles. The fraction of sp³-hybridized carbons (Fsp3) is 0.257. The van der Waals surface area contributed by atoms with Crippen LogP contribution < -0.4 is 25.2 Å². The summed E-state index contributed by atoms with van der Waals surface area (Å²) < 4.78 is 6.67. The van der Waals surface area contributed by atoms with Crippen molar-refractivity contribution in [3.05, 3.63) is 100 Å². The van der Waals surface area contributed by atoms with Gasteiger partial charge in [-0.1, -0.05) is 52.3 Å². The number of likely N-dealkylation sites (N-methyl/N-ethyl adjacent to an activating group) is 1. The van der Waals surface area contributed by atoms with Crippen molar-refractivity contribution in [2.75, 3.05) is 24.0 Å². The summed E-state index contributed by atoms with van der Waals surface area (Å²) in [6, 6.07) is 20.9. The summed E-state index contributed by atoms with van der Waals surface area (Å²) in [4.78, 5) is 57.2. The SMILES string of the molecule is CNC(C)C(=O)NC1C(=O)N(Cc2c(OC)ccc3c(Br)cccc23)c2ccccc2N(C(=O)c2ccc(C(C)=O)cc2)C1C. The van der Waals surface area contributed by atoms with Crippen LogP contribution in [0.15, 0.2) is 83.3 Å². The van der Waals surface area contributed by atoms with Gasteiger partial charge in [0.15, 0.2) is 5.78 Å². The molecule has 1 aliphatic heterocycles. The lowest BCUT2D eigenvalue weighted by atomic mass is 10.0. The third-order valence-electron chi connectivity index (χ3n) is 8.35. The van der Waals surface area contributed by atoms with Gasteiger partial charge in [-0.25, -0.2) is 0 Å². The standard InChI is InChI=1S/C35H35BrN4O5/c1-20(37-4)33(42)38-32-21(2)40(34(43)24-15-13-23(14-16-24)22(3)41)30-12-7-6-11-29(30)39(35(32)44)19-27-25-9-8-10-28(36)26(25)17-18-31(27)45-5/h6-18,20-21,32,37H,19H2,1-5H3,(H,38,42). The third-order valence-corrected chi connectivity index (χ3v) is 9.04. The molecule has 0 saturated carbocycles. The van der Waals surface area contributed by atoms with Gasteiger partial charge in [-0.2, -0.15) is 0 Å². The van der Waals surface area contributed by atoms with Gasteiger partial charge < -0.3 is 25.2 Å². The normalized spacial score (nSPS) is 17.0. The van der Waals surface area contributed by atoms with Crippen LogP contribution in [-0.4, -0.2) is 55.8 Å². The molecule has 0 aromatic heterocycles. The number of hydrogen-bond acceptors (Lipinski definition) is 6. The second kappa shape index (κ2) is 13.2. The molecule has 0 bridgehead atoms. The van der Waals surface area contributed by atoms with Gasteiger partial charge >= 0.3 is 0 Å². The number of carbonyl (C=O) groups excluding carboxylic acids is 4. The van der Waals surface area contributed by atoms with Crippen molar-refractivity contribution in [3.8, 4) is 5.75 Å². The Balaban J connectivity index is 1.69. The van der Waals surface area contributed by atoms with Gasteiger partial charge in [-0.05, 0) is 81.1 Å². The number of hydrogen-bond donors (Lipinski definition) is 2. The Morgan fingerprint density at radius 1 is 0.911 bits per heavy atom. The molecule has 2 N–H and O–H groups in total. The Labute approximate surface area is 270 Å².